The fraction of sp³-hybridized carbons (Fsp3) is 0.548. The smallest absolute Gasteiger partial charge is 0.229 e. The van der Waals surface area contributed by atoms with Crippen LogP contribution in [-0.2, 0) is 30.9 Å². The summed E-state index contributed by atoms with van der Waals surface area (Å²) in [6, 6.07) is 15.8. The van der Waals surface area contributed by atoms with Crippen LogP contribution < -0.4 is 14.8 Å². The van der Waals surface area contributed by atoms with Gasteiger partial charge in [-0.1, -0.05) is 44.2 Å². The quantitative estimate of drug-likeness (QED) is 0.356. The van der Waals surface area contributed by atoms with Crippen LogP contribution in [-0.4, -0.2) is 67.0 Å². The lowest BCUT2D eigenvalue weighted by atomic mass is 9.87. The third kappa shape index (κ3) is 5.81. The predicted octanol–water partition coefficient (Wildman–Crippen LogP) is 4.01. The van der Waals surface area contributed by atoms with Crippen molar-refractivity contribution in [3.05, 3.63) is 72.3 Å². The third-order valence-corrected chi connectivity index (χ3v) is 11.2. The summed E-state index contributed by atoms with van der Waals surface area (Å²) in [6.07, 6.45) is 6.56. The maximum atomic E-state index is 11.4. The number of nitrogens with one attached hydrogen (secondary N) is 3. The van der Waals surface area contributed by atoms with E-state index in [0.717, 1.165) is 45.6 Å². The van der Waals surface area contributed by atoms with E-state index in [1.165, 1.54) is 23.6 Å². The van der Waals surface area contributed by atoms with Gasteiger partial charge < -0.3 is 5.32 Å². The van der Waals surface area contributed by atoms with Gasteiger partial charge in [-0.15, -0.1) is 6.58 Å². The number of fused-ring (bicyclic) bond motifs is 2. The van der Waals surface area contributed by atoms with Gasteiger partial charge in [0, 0.05) is 41.8 Å². The van der Waals surface area contributed by atoms with E-state index in [2.05, 4.69) is 52.2 Å². The van der Waals surface area contributed by atoms with E-state index in [0.29, 0.717) is 35.0 Å². The molecule has 4 unspecified atom stereocenters. The van der Waals surface area contributed by atoms with E-state index in [1.54, 1.807) is 0 Å². The molecule has 0 bridgehead atoms. The molecule has 2 saturated carbocycles. The van der Waals surface area contributed by atoms with Crippen LogP contribution in [0.4, 0.5) is 11.4 Å². The predicted molar refractivity (Wildman–Crippen MR) is 167 cm³/mol. The Bertz CT molecular complexity index is 1490. The Balaban J connectivity index is 0.000000166. The topological polar surface area (TPSA) is 108 Å². The summed E-state index contributed by atoms with van der Waals surface area (Å²) in [6.45, 7) is 13.7. The number of likely N-dealkylation sites (tertiary alicyclic amines) is 1. The van der Waals surface area contributed by atoms with Crippen LogP contribution in [0.25, 0.3) is 0 Å². The monoisotopic (exact) mass is 600 g/mol. The highest BCUT2D eigenvalue weighted by molar-refractivity contribution is 7.92. The van der Waals surface area contributed by atoms with E-state index in [9.17, 15) is 16.8 Å². The van der Waals surface area contributed by atoms with Gasteiger partial charge in [0.25, 0.3) is 0 Å². The van der Waals surface area contributed by atoms with Gasteiger partial charge in [0.2, 0.25) is 20.0 Å². The van der Waals surface area contributed by atoms with Crippen LogP contribution in [0.5, 0.6) is 0 Å². The Morgan fingerprint density at radius 1 is 0.829 bits per heavy atom. The van der Waals surface area contributed by atoms with Crippen LogP contribution in [0.2, 0.25) is 0 Å². The second-order valence-corrected chi connectivity index (χ2v) is 15.8. The fourth-order valence-corrected chi connectivity index (χ4v) is 9.39. The van der Waals surface area contributed by atoms with E-state index < -0.39 is 20.0 Å². The molecule has 2 saturated heterocycles. The first kappa shape index (κ1) is 30.1. The molecule has 4 atom stereocenters. The van der Waals surface area contributed by atoms with E-state index in [-0.39, 0.29) is 10.8 Å². The van der Waals surface area contributed by atoms with Gasteiger partial charge in [0.05, 0.1) is 12.5 Å². The van der Waals surface area contributed by atoms with Crippen molar-refractivity contribution in [2.75, 3.05) is 54.7 Å². The number of sulfonamides is 2. The van der Waals surface area contributed by atoms with Gasteiger partial charge in [-0.2, -0.15) is 0 Å². The van der Waals surface area contributed by atoms with Crippen molar-refractivity contribution in [1.29, 1.82) is 0 Å². The average molecular weight is 601 g/mol. The van der Waals surface area contributed by atoms with Crippen molar-refractivity contribution in [3.63, 3.8) is 0 Å². The summed E-state index contributed by atoms with van der Waals surface area (Å²) < 4.78 is 50.7. The van der Waals surface area contributed by atoms with Crippen molar-refractivity contribution in [1.82, 2.24) is 10.2 Å². The lowest BCUT2D eigenvalue weighted by Gasteiger charge is -2.26. The van der Waals surface area contributed by atoms with E-state index in [4.69, 9.17) is 0 Å². The first-order valence-electron chi connectivity index (χ1n) is 14.6. The van der Waals surface area contributed by atoms with Gasteiger partial charge in [-0.3, -0.25) is 14.3 Å². The summed E-state index contributed by atoms with van der Waals surface area (Å²) in [5.74, 6) is 2.80. The molecule has 2 aromatic carbocycles. The zero-order valence-electron chi connectivity index (χ0n) is 24.6. The molecule has 2 aliphatic heterocycles. The highest BCUT2D eigenvalue weighted by atomic mass is 32.2. The van der Waals surface area contributed by atoms with Gasteiger partial charge in [0.15, 0.2) is 0 Å². The molecular formula is C31H44N4O4S2. The van der Waals surface area contributed by atoms with Crippen LogP contribution in [0.1, 0.15) is 37.8 Å². The van der Waals surface area contributed by atoms with Crippen molar-refractivity contribution < 1.29 is 16.8 Å². The second kappa shape index (κ2) is 11.0. The summed E-state index contributed by atoms with van der Waals surface area (Å²) in [4.78, 5) is 2.45. The van der Waals surface area contributed by atoms with Crippen LogP contribution in [0.3, 0.4) is 0 Å². The molecule has 6 rings (SSSR count). The minimum Gasteiger partial charge on any atom is -0.316 e. The third-order valence-electron chi connectivity index (χ3n) is 10.0. The highest BCUT2D eigenvalue weighted by Crippen LogP contribution is 2.66. The highest BCUT2D eigenvalue weighted by Gasteiger charge is 2.67. The first-order chi connectivity index (χ1) is 19.4. The zero-order chi connectivity index (χ0) is 29.6. The molecule has 10 heteroatoms. The molecule has 41 heavy (non-hydrogen) atoms. The molecule has 0 aromatic heterocycles. The molecule has 4 aliphatic rings. The molecule has 0 amide bonds. The number of anilines is 2. The van der Waals surface area contributed by atoms with Crippen LogP contribution in [0, 0.1) is 23.7 Å². The summed E-state index contributed by atoms with van der Waals surface area (Å²) >= 11 is 0. The second-order valence-electron chi connectivity index (χ2n) is 12.3. The number of piperidine rings is 2. The van der Waals surface area contributed by atoms with Gasteiger partial charge in [-0.25, -0.2) is 16.8 Å². The maximum Gasteiger partial charge on any atom is 0.229 e. The average Bonchev–Trinajstić information content (AvgIpc) is 3.44. The molecule has 3 N–H and O–H groups in total. The number of benzene rings is 2. The number of hydrogen-bond donors (Lipinski definition) is 3. The lowest BCUT2D eigenvalue weighted by Crippen LogP contribution is -2.30. The summed E-state index contributed by atoms with van der Waals surface area (Å²) in [5.41, 5.74) is 4.39. The van der Waals surface area contributed by atoms with Gasteiger partial charge in [0.1, 0.15) is 0 Å². The van der Waals surface area contributed by atoms with Crippen molar-refractivity contribution in [2.45, 2.75) is 37.5 Å². The normalized spacial score (nSPS) is 31.8. The van der Waals surface area contributed by atoms with E-state index in [1.807, 2.05) is 42.5 Å². The molecule has 0 radical (unpaired) electrons. The molecule has 8 nitrogen and oxygen atoms in total. The number of nitrogens with zero attached hydrogens (tertiary/aromatic N) is 1. The van der Waals surface area contributed by atoms with Crippen molar-refractivity contribution >= 4 is 31.4 Å². The molecular weight excluding hydrogens is 556 g/mol. The first-order valence-corrected chi connectivity index (χ1v) is 18.4. The zero-order valence-corrected chi connectivity index (χ0v) is 26.2. The SMILES string of the molecule is C=CCN1CC2C(C1)C2(CC)c1cccc(NS(C)(=O)=O)c1.CCC1(c2cccc(NS(C)(=O)=O)c2)C2CNCC21. The molecule has 224 valence electrons. The summed E-state index contributed by atoms with van der Waals surface area (Å²) in [7, 11) is -6.44. The van der Waals surface area contributed by atoms with Crippen molar-refractivity contribution in [3.8, 4) is 0 Å². The molecule has 2 heterocycles. The van der Waals surface area contributed by atoms with Gasteiger partial charge in [-0.05, 0) is 85.0 Å². The molecule has 4 fully saturated rings. The van der Waals surface area contributed by atoms with Gasteiger partial charge >= 0.3 is 0 Å². The van der Waals surface area contributed by atoms with E-state index >= 15 is 0 Å². The largest absolute Gasteiger partial charge is 0.316 e. The maximum absolute atomic E-state index is 11.4. The Morgan fingerprint density at radius 2 is 1.27 bits per heavy atom. The fourth-order valence-electron chi connectivity index (χ4n) is 8.28. The standard InChI is InChI=1S/C17H24N2O2S.C14H20N2O2S/c1-4-9-19-11-15-16(12-19)17(15,5-2)13-7-6-8-14(10-13)18-22(3,20)21;1-3-14(12-8-15-9-13(12)14)10-5-4-6-11(7-10)16-19(2,17)18/h4,6-8,10,15-16,18H,1,5,9,11-12H2,2-3H3;4-7,12-13,15-16H,3,8-9H2,1-2H3. The summed E-state index contributed by atoms with van der Waals surface area (Å²) in [5, 5.41) is 3.42. The Morgan fingerprint density at radius 3 is 1.66 bits per heavy atom. The Labute approximate surface area is 246 Å². The molecule has 2 aromatic rings. The number of rotatable bonds is 10. The van der Waals surface area contributed by atoms with Crippen LogP contribution >= 0.6 is 0 Å². The Kier molecular flexibility index (Phi) is 8.08. The minimum atomic E-state index is -3.23. The number of hydrogen-bond acceptors (Lipinski definition) is 6. The minimum absolute atomic E-state index is 0.229. The molecule has 2 aliphatic carbocycles. The molecule has 0 spiro atoms. The lowest BCUT2D eigenvalue weighted by molar-refractivity contribution is 0.294. The Hall–Kier alpha value is -2.40. The van der Waals surface area contributed by atoms with Crippen LogP contribution in [0.15, 0.2) is 61.2 Å². The van der Waals surface area contributed by atoms with Crippen molar-refractivity contribution in [2.24, 2.45) is 23.7 Å².